The maximum atomic E-state index is 12.7. The largest absolute Gasteiger partial charge is 0.493 e. The average molecular weight is 545 g/mol. The minimum absolute atomic E-state index is 0.375. The first-order valence-electron chi connectivity index (χ1n) is 12.4. The highest BCUT2D eigenvalue weighted by Crippen LogP contribution is 2.30. The summed E-state index contributed by atoms with van der Waals surface area (Å²) >= 11 is 5.95. The molecule has 1 amide bonds. The number of ether oxygens (including phenoxy) is 4. The SMILES string of the molecule is CCOc1cc(/C=N/NC(=O)c2ccc(OCc3ccccc3)c(OC)c2)ccc1OCc1ccc(Cl)cc1. The van der Waals surface area contributed by atoms with Crippen molar-refractivity contribution in [3.05, 3.63) is 118 Å². The molecule has 4 rings (SSSR count). The standard InChI is InChI=1S/C31H29ClN2O5/c1-3-37-30-17-24(11-15-28(30)39-21-23-9-13-26(32)14-10-23)19-33-34-31(35)25-12-16-27(29(18-25)36-2)38-20-22-7-5-4-6-8-22/h4-19H,3,20-21H2,1-2H3,(H,34,35)/b33-19+. The molecular formula is C31H29ClN2O5. The van der Waals surface area contributed by atoms with Gasteiger partial charge in [-0.2, -0.15) is 5.10 Å². The second-order valence-electron chi connectivity index (χ2n) is 8.39. The molecule has 0 unspecified atom stereocenters. The van der Waals surface area contributed by atoms with E-state index in [0.717, 1.165) is 16.7 Å². The second kappa shape index (κ2) is 13.9. The van der Waals surface area contributed by atoms with Crippen LogP contribution in [0.1, 0.15) is 34.0 Å². The Balaban J connectivity index is 1.36. The van der Waals surface area contributed by atoms with E-state index in [2.05, 4.69) is 10.5 Å². The highest BCUT2D eigenvalue weighted by Gasteiger charge is 2.12. The molecule has 0 fully saturated rings. The normalized spacial score (nSPS) is 10.7. The number of halogens is 1. The summed E-state index contributed by atoms with van der Waals surface area (Å²) in [6.45, 7) is 3.14. The zero-order valence-corrected chi connectivity index (χ0v) is 22.5. The lowest BCUT2D eigenvalue weighted by atomic mass is 10.2. The van der Waals surface area contributed by atoms with Crippen molar-refractivity contribution < 1.29 is 23.7 Å². The van der Waals surface area contributed by atoms with E-state index in [4.69, 9.17) is 30.5 Å². The Hall–Kier alpha value is -4.49. The van der Waals surface area contributed by atoms with Crippen molar-refractivity contribution in [3.8, 4) is 23.0 Å². The third-order valence-corrected chi connectivity index (χ3v) is 5.87. The van der Waals surface area contributed by atoms with E-state index < -0.39 is 0 Å². The summed E-state index contributed by atoms with van der Waals surface area (Å²) in [5.74, 6) is 1.81. The maximum absolute atomic E-state index is 12.7. The van der Waals surface area contributed by atoms with Crippen molar-refractivity contribution in [2.75, 3.05) is 13.7 Å². The molecule has 0 aliphatic rings. The van der Waals surface area contributed by atoms with E-state index in [1.165, 1.54) is 13.3 Å². The lowest BCUT2D eigenvalue weighted by Crippen LogP contribution is -2.17. The van der Waals surface area contributed by atoms with Crippen molar-refractivity contribution in [1.29, 1.82) is 0 Å². The smallest absolute Gasteiger partial charge is 0.271 e. The Kier molecular flexibility index (Phi) is 9.80. The van der Waals surface area contributed by atoms with Gasteiger partial charge in [0.2, 0.25) is 0 Å². The van der Waals surface area contributed by atoms with Crippen LogP contribution in [0.5, 0.6) is 23.0 Å². The van der Waals surface area contributed by atoms with Gasteiger partial charge in [0.25, 0.3) is 5.91 Å². The number of nitrogens with zero attached hydrogens (tertiary/aromatic N) is 1. The predicted octanol–water partition coefficient (Wildman–Crippen LogP) is 6.67. The topological polar surface area (TPSA) is 78.4 Å². The van der Waals surface area contributed by atoms with Gasteiger partial charge in [-0.1, -0.05) is 54.1 Å². The third-order valence-electron chi connectivity index (χ3n) is 5.62. The first-order valence-corrected chi connectivity index (χ1v) is 12.8. The molecular weight excluding hydrogens is 516 g/mol. The predicted molar refractivity (Wildman–Crippen MR) is 152 cm³/mol. The van der Waals surface area contributed by atoms with Crippen LogP contribution in [0, 0.1) is 0 Å². The third kappa shape index (κ3) is 7.99. The molecule has 0 saturated carbocycles. The summed E-state index contributed by atoms with van der Waals surface area (Å²) in [4.78, 5) is 12.7. The van der Waals surface area contributed by atoms with Crippen molar-refractivity contribution in [2.24, 2.45) is 5.10 Å². The van der Waals surface area contributed by atoms with E-state index in [9.17, 15) is 4.79 Å². The fourth-order valence-electron chi connectivity index (χ4n) is 3.63. The summed E-state index contributed by atoms with van der Waals surface area (Å²) in [6, 6.07) is 27.7. The highest BCUT2D eigenvalue weighted by molar-refractivity contribution is 6.30. The van der Waals surface area contributed by atoms with Crippen LogP contribution in [0.3, 0.4) is 0 Å². The molecule has 0 aromatic heterocycles. The number of benzene rings is 4. The molecule has 0 aliphatic carbocycles. The molecule has 0 spiro atoms. The molecule has 39 heavy (non-hydrogen) atoms. The van der Waals surface area contributed by atoms with Crippen LogP contribution in [0.2, 0.25) is 5.02 Å². The zero-order chi connectivity index (χ0) is 27.5. The van der Waals surface area contributed by atoms with Gasteiger partial charge in [0.05, 0.1) is 19.9 Å². The van der Waals surface area contributed by atoms with Crippen molar-refractivity contribution >= 4 is 23.7 Å². The van der Waals surface area contributed by atoms with E-state index in [0.29, 0.717) is 53.4 Å². The van der Waals surface area contributed by atoms with Gasteiger partial charge in [-0.25, -0.2) is 5.43 Å². The number of hydrogen-bond donors (Lipinski definition) is 1. The molecule has 1 N–H and O–H groups in total. The van der Waals surface area contributed by atoms with Crippen LogP contribution in [0.4, 0.5) is 0 Å². The number of hydrogen-bond acceptors (Lipinski definition) is 6. The van der Waals surface area contributed by atoms with Crippen LogP contribution in [0.25, 0.3) is 0 Å². The van der Waals surface area contributed by atoms with E-state index >= 15 is 0 Å². The average Bonchev–Trinajstić information content (AvgIpc) is 2.97. The summed E-state index contributed by atoms with van der Waals surface area (Å²) in [5.41, 5.74) is 5.69. The first kappa shape index (κ1) is 27.5. The van der Waals surface area contributed by atoms with Gasteiger partial charge in [-0.05, 0) is 72.1 Å². The minimum atomic E-state index is -0.382. The van der Waals surface area contributed by atoms with Crippen molar-refractivity contribution in [1.82, 2.24) is 5.43 Å². The Morgan fingerprint density at radius 2 is 1.46 bits per heavy atom. The number of amides is 1. The number of rotatable bonds is 12. The van der Waals surface area contributed by atoms with Gasteiger partial charge >= 0.3 is 0 Å². The van der Waals surface area contributed by atoms with Gasteiger partial charge in [0.1, 0.15) is 13.2 Å². The van der Waals surface area contributed by atoms with E-state index in [-0.39, 0.29) is 5.91 Å². The van der Waals surface area contributed by atoms with Crippen LogP contribution < -0.4 is 24.4 Å². The Labute approximate surface area is 232 Å². The van der Waals surface area contributed by atoms with Gasteiger partial charge in [0, 0.05) is 10.6 Å². The Morgan fingerprint density at radius 1 is 0.795 bits per heavy atom. The van der Waals surface area contributed by atoms with Gasteiger partial charge in [0.15, 0.2) is 23.0 Å². The Morgan fingerprint density at radius 3 is 2.15 bits per heavy atom. The van der Waals surface area contributed by atoms with Gasteiger partial charge in [-0.3, -0.25) is 4.79 Å². The summed E-state index contributed by atoms with van der Waals surface area (Å²) in [5, 5.41) is 4.77. The van der Waals surface area contributed by atoms with Crippen molar-refractivity contribution in [2.45, 2.75) is 20.1 Å². The van der Waals surface area contributed by atoms with Gasteiger partial charge < -0.3 is 18.9 Å². The molecule has 200 valence electrons. The summed E-state index contributed by atoms with van der Waals surface area (Å²) < 4.78 is 23.0. The lowest BCUT2D eigenvalue weighted by Gasteiger charge is -2.13. The fourth-order valence-corrected chi connectivity index (χ4v) is 3.75. The summed E-state index contributed by atoms with van der Waals surface area (Å²) in [7, 11) is 1.53. The van der Waals surface area contributed by atoms with Crippen LogP contribution in [-0.2, 0) is 13.2 Å². The molecule has 0 heterocycles. The van der Waals surface area contributed by atoms with Gasteiger partial charge in [-0.15, -0.1) is 0 Å². The van der Waals surface area contributed by atoms with Crippen LogP contribution in [0.15, 0.2) is 96.1 Å². The second-order valence-corrected chi connectivity index (χ2v) is 8.83. The molecule has 0 saturated heterocycles. The number of carbonyl (C=O) groups is 1. The molecule has 7 nitrogen and oxygen atoms in total. The minimum Gasteiger partial charge on any atom is -0.493 e. The number of carbonyl (C=O) groups excluding carboxylic acids is 1. The monoisotopic (exact) mass is 544 g/mol. The molecule has 0 atom stereocenters. The molecule has 4 aromatic rings. The number of hydrazone groups is 1. The number of methoxy groups -OCH3 is 1. The zero-order valence-electron chi connectivity index (χ0n) is 21.7. The molecule has 0 radical (unpaired) electrons. The molecule has 0 aliphatic heterocycles. The first-order chi connectivity index (χ1) is 19.1. The maximum Gasteiger partial charge on any atom is 0.271 e. The highest BCUT2D eigenvalue weighted by atomic mass is 35.5. The quantitative estimate of drug-likeness (QED) is 0.159. The fraction of sp³-hybridized carbons (Fsp3) is 0.161. The lowest BCUT2D eigenvalue weighted by molar-refractivity contribution is 0.0954. The van der Waals surface area contributed by atoms with Crippen molar-refractivity contribution in [3.63, 3.8) is 0 Å². The molecule has 0 bridgehead atoms. The molecule has 4 aromatic carbocycles. The van der Waals surface area contributed by atoms with Crippen LogP contribution in [-0.4, -0.2) is 25.8 Å². The Bertz CT molecular complexity index is 1410. The summed E-state index contributed by atoms with van der Waals surface area (Å²) in [6.07, 6.45) is 1.54. The number of nitrogens with one attached hydrogen (secondary N) is 1. The van der Waals surface area contributed by atoms with Crippen LogP contribution >= 0.6 is 11.6 Å². The van der Waals surface area contributed by atoms with E-state index in [1.54, 1.807) is 24.3 Å². The van der Waals surface area contributed by atoms with E-state index in [1.807, 2.05) is 73.7 Å². The molecule has 8 heteroatoms.